The van der Waals surface area contributed by atoms with E-state index in [1.54, 1.807) is 6.07 Å². The summed E-state index contributed by atoms with van der Waals surface area (Å²) in [5, 5.41) is 6.00. The summed E-state index contributed by atoms with van der Waals surface area (Å²) in [6.07, 6.45) is 1.72. The molecular weight excluding hydrogens is 364 g/mol. The van der Waals surface area contributed by atoms with Gasteiger partial charge in [-0.1, -0.05) is 30.3 Å². The molecule has 0 saturated heterocycles. The molecule has 27 heavy (non-hydrogen) atoms. The fraction of sp³-hybridized carbons (Fsp3) is 0.316. The minimum absolute atomic E-state index is 0.138. The Morgan fingerprint density at radius 1 is 1.07 bits per heavy atom. The number of hydrogen-bond donors (Lipinski definition) is 4. The topological polar surface area (TPSA) is 95.4 Å². The summed E-state index contributed by atoms with van der Waals surface area (Å²) in [5.74, 6) is -0.748. The maximum absolute atomic E-state index is 12.6. The van der Waals surface area contributed by atoms with Gasteiger partial charge in [-0.25, -0.2) is 0 Å². The van der Waals surface area contributed by atoms with E-state index in [-0.39, 0.29) is 16.4 Å². The average Bonchev–Trinajstić information content (AvgIpc) is 3.13. The number of furan rings is 1. The summed E-state index contributed by atoms with van der Waals surface area (Å²) in [5.41, 5.74) is 5.86. The van der Waals surface area contributed by atoms with Crippen LogP contribution in [0.4, 0.5) is 0 Å². The molecule has 0 fully saturated rings. The van der Waals surface area contributed by atoms with Crippen LogP contribution < -0.4 is 21.5 Å². The van der Waals surface area contributed by atoms with Crippen molar-refractivity contribution >= 4 is 29.1 Å². The van der Waals surface area contributed by atoms with Crippen LogP contribution in [-0.4, -0.2) is 28.5 Å². The first kappa shape index (κ1) is 20.4. The molecule has 7 nitrogen and oxygen atoms in total. The predicted octanol–water partition coefficient (Wildman–Crippen LogP) is 1.91. The van der Waals surface area contributed by atoms with E-state index in [1.165, 1.54) is 12.3 Å². The number of hydrogen-bond acceptors (Lipinski definition) is 4. The molecule has 2 aromatic rings. The van der Waals surface area contributed by atoms with E-state index in [9.17, 15) is 9.59 Å². The molecule has 8 heteroatoms. The molecule has 2 amide bonds. The van der Waals surface area contributed by atoms with Gasteiger partial charge in [0.1, 0.15) is 6.04 Å². The first-order valence-electron chi connectivity index (χ1n) is 8.51. The number of benzene rings is 1. The molecule has 0 unspecified atom stereocenters. The van der Waals surface area contributed by atoms with Crippen LogP contribution in [0.25, 0.3) is 0 Å². The average molecular weight is 388 g/mol. The lowest BCUT2D eigenvalue weighted by Gasteiger charge is -2.24. The standard InChI is InChI=1S/C19H24N4O3S/c1-19(2,3)21-18(27)23-22-16(24)14(12-13-8-5-4-6-9-13)20-17(25)15-10-7-11-26-15/h4-11,14H,12H2,1-3H3,(H,20,25)(H,22,24)(H2,21,23,27)/t14-/m0/s1. The Morgan fingerprint density at radius 3 is 2.37 bits per heavy atom. The minimum atomic E-state index is -0.810. The highest BCUT2D eigenvalue weighted by molar-refractivity contribution is 7.80. The number of amides is 2. The molecule has 0 saturated carbocycles. The van der Waals surface area contributed by atoms with Crippen molar-refractivity contribution in [2.75, 3.05) is 0 Å². The lowest BCUT2D eigenvalue weighted by atomic mass is 10.1. The second-order valence-corrected chi connectivity index (χ2v) is 7.42. The molecule has 1 atom stereocenters. The van der Waals surface area contributed by atoms with Gasteiger partial charge in [0.15, 0.2) is 10.9 Å². The van der Waals surface area contributed by atoms with E-state index in [0.717, 1.165) is 5.56 Å². The van der Waals surface area contributed by atoms with Gasteiger partial charge in [-0.2, -0.15) is 0 Å². The third-order valence-electron chi connectivity index (χ3n) is 3.44. The highest BCUT2D eigenvalue weighted by Gasteiger charge is 2.23. The first-order valence-corrected chi connectivity index (χ1v) is 8.92. The normalized spacial score (nSPS) is 12.0. The van der Waals surface area contributed by atoms with Crippen molar-refractivity contribution in [1.29, 1.82) is 0 Å². The van der Waals surface area contributed by atoms with Crippen LogP contribution in [0.2, 0.25) is 0 Å². The summed E-state index contributed by atoms with van der Waals surface area (Å²) < 4.78 is 5.09. The van der Waals surface area contributed by atoms with Gasteiger partial charge in [0.25, 0.3) is 11.8 Å². The molecule has 144 valence electrons. The summed E-state index contributed by atoms with van der Waals surface area (Å²) in [6.45, 7) is 5.85. The van der Waals surface area contributed by atoms with E-state index in [0.29, 0.717) is 6.42 Å². The van der Waals surface area contributed by atoms with E-state index in [4.69, 9.17) is 16.6 Å². The Bertz CT molecular complexity index is 770. The summed E-state index contributed by atoms with van der Waals surface area (Å²) in [6, 6.07) is 11.7. The van der Waals surface area contributed by atoms with Crippen molar-refractivity contribution in [2.24, 2.45) is 0 Å². The number of nitrogens with one attached hydrogen (secondary N) is 4. The molecule has 1 heterocycles. The SMILES string of the molecule is CC(C)(C)NC(=S)NNC(=O)[C@H](Cc1ccccc1)NC(=O)c1ccco1. The largest absolute Gasteiger partial charge is 0.459 e. The molecule has 0 aliphatic carbocycles. The van der Waals surface area contributed by atoms with Crippen LogP contribution in [0.3, 0.4) is 0 Å². The van der Waals surface area contributed by atoms with Crippen LogP contribution in [-0.2, 0) is 11.2 Å². The quantitative estimate of drug-likeness (QED) is 0.462. The van der Waals surface area contributed by atoms with E-state index >= 15 is 0 Å². The van der Waals surface area contributed by atoms with Gasteiger partial charge in [-0.15, -0.1) is 0 Å². The van der Waals surface area contributed by atoms with Crippen molar-refractivity contribution in [3.63, 3.8) is 0 Å². The Morgan fingerprint density at radius 2 is 1.78 bits per heavy atom. The number of carbonyl (C=O) groups is 2. The number of thiocarbonyl (C=S) groups is 1. The first-order chi connectivity index (χ1) is 12.7. The number of hydrazine groups is 1. The van der Waals surface area contributed by atoms with Gasteiger partial charge in [0, 0.05) is 12.0 Å². The van der Waals surface area contributed by atoms with Gasteiger partial charge >= 0.3 is 0 Å². The maximum Gasteiger partial charge on any atom is 0.287 e. The van der Waals surface area contributed by atoms with E-state index in [1.807, 2.05) is 51.1 Å². The highest BCUT2D eigenvalue weighted by atomic mass is 32.1. The monoisotopic (exact) mass is 388 g/mol. The molecule has 0 aliphatic rings. The molecule has 1 aromatic carbocycles. The fourth-order valence-electron chi connectivity index (χ4n) is 2.27. The zero-order chi connectivity index (χ0) is 19.9. The molecule has 0 aliphatic heterocycles. The second kappa shape index (κ2) is 9.18. The Labute approximate surface area is 163 Å². The van der Waals surface area contributed by atoms with E-state index in [2.05, 4.69) is 21.5 Å². The summed E-state index contributed by atoms with van der Waals surface area (Å²) in [7, 11) is 0. The Balaban J connectivity index is 2.02. The lowest BCUT2D eigenvalue weighted by Crippen LogP contribution is -2.56. The van der Waals surface area contributed by atoms with Gasteiger partial charge in [-0.3, -0.25) is 20.4 Å². The third kappa shape index (κ3) is 7.10. The van der Waals surface area contributed by atoms with Gasteiger partial charge < -0.3 is 15.1 Å². The lowest BCUT2D eigenvalue weighted by molar-refractivity contribution is -0.123. The molecule has 2 rings (SSSR count). The molecule has 0 radical (unpaired) electrons. The minimum Gasteiger partial charge on any atom is -0.459 e. The second-order valence-electron chi connectivity index (χ2n) is 7.01. The smallest absolute Gasteiger partial charge is 0.287 e. The zero-order valence-corrected chi connectivity index (χ0v) is 16.4. The van der Waals surface area contributed by atoms with Gasteiger partial charge in [0.05, 0.1) is 6.26 Å². The summed E-state index contributed by atoms with van der Waals surface area (Å²) in [4.78, 5) is 24.9. The summed E-state index contributed by atoms with van der Waals surface area (Å²) >= 11 is 5.15. The van der Waals surface area contributed by atoms with Crippen molar-refractivity contribution in [2.45, 2.75) is 38.8 Å². The van der Waals surface area contributed by atoms with E-state index < -0.39 is 17.9 Å². The molecule has 4 N–H and O–H groups in total. The van der Waals surface area contributed by atoms with Crippen LogP contribution in [0.15, 0.2) is 53.1 Å². The van der Waals surface area contributed by atoms with Crippen LogP contribution >= 0.6 is 12.2 Å². The van der Waals surface area contributed by atoms with Crippen molar-refractivity contribution in [1.82, 2.24) is 21.5 Å². The Kier molecular flexibility index (Phi) is 6.95. The number of rotatable bonds is 5. The van der Waals surface area contributed by atoms with Crippen molar-refractivity contribution < 1.29 is 14.0 Å². The predicted molar refractivity (Wildman–Crippen MR) is 107 cm³/mol. The van der Waals surface area contributed by atoms with Gasteiger partial charge in [0.2, 0.25) is 0 Å². The molecule has 0 bridgehead atoms. The molecule has 1 aromatic heterocycles. The van der Waals surface area contributed by atoms with Crippen LogP contribution in [0.1, 0.15) is 36.9 Å². The third-order valence-corrected chi connectivity index (χ3v) is 3.64. The molecule has 0 spiro atoms. The molecular formula is C19H24N4O3S. The van der Waals surface area contributed by atoms with Crippen molar-refractivity contribution in [3.05, 3.63) is 60.1 Å². The highest BCUT2D eigenvalue weighted by Crippen LogP contribution is 2.06. The Hall–Kier alpha value is -2.87. The zero-order valence-electron chi connectivity index (χ0n) is 15.5. The number of carbonyl (C=O) groups excluding carboxylic acids is 2. The maximum atomic E-state index is 12.6. The van der Waals surface area contributed by atoms with Crippen LogP contribution in [0, 0.1) is 0 Å². The van der Waals surface area contributed by atoms with Gasteiger partial charge in [-0.05, 0) is 50.7 Å². The van der Waals surface area contributed by atoms with Crippen LogP contribution in [0.5, 0.6) is 0 Å². The van der Waals surface area contributed by atoms with Crippen molar-refractivity contribution in [3.8, 4) is 0 Å². The fourth-order valence-corrected chi connectivity index (χ4v) is 2.63.